The summed E-state index contributed by atoms with van der Waals surface area (Å²) in [5.74, 6) is -0.254. The Labute approximate surface area is 163 Å². The lowest BCUT2D eigenvalue weighted by molar-refractivity contribution is -0.144. The molecule has 0 spiro atoms. The molecule has 2 atom stereocenters. The van der Waals surface area contributed by atoms with E-state index in [1.54, 1.807) is 0 Å². The zero-order valence-corrected chi connectivity index (χ0v) is 17.6. The number of ether oxygens (including phenoxy) is 1. The topological polar surface area (TPSA) is 47.6 Å². The summed E-state index contributed by atoms with van der Waals surface area (Å²) in [5, 5.41) is 5.59. The van der Waals surface area contributed by atoms with Crippen molar-refractivity contribution in [2.45, 2.75) is 44.4 Å². The van der Waals surface area contributed by atoms with E-state index in [0.29, 0.717) is 0 Å². The third-order valence-electron chi connectivity index (χ3n) is 5.36. The summed E-state index contributed by atoms with van der Waals surface area (Å²) in [5.41, 5.74) is 0. The molecular weight excluding hydrogens is 354 g/mol. The number of benzene rings is 2. The van der Waals surface area contributed by atoms with Crippen molar-refractivity contribution in [3.63, 3.8) is 0 Å². The number of methoxy groups -OCH3 is 1. The molecule has 1 N–H and O–H groups in total. The highest BCUT2D eigenvalue weighted by Crippen LogP contribution is 2.38. The Balaban J connectivity index is 2.14. The molecule has 1 fully saturated rings. The molecule has 5 heteroatoms. The predicted molar refractivity (Wildman–Crippen MR) is 111 cm³/mol. The van der Waals surface area contributed by atoms with Crippen LogP contribution in [0.1, 0.15) is 27.2 Å². The third kappa shape index (κ3) is 3.72. The van der Waals surface area contributed by atoms with Crippen LogP contribution in [0.25, 0.3) is 0 Å². The first-order valence-corrected chi connectivity index (χ1v) is 11.4. The Morgan fingerprint density at radius 3 is 1.96 bits per heavy atom. The molecule has 4 nitrogen and oxygen atoms in total. The molecule has 1 heterocycles. The minimum absolute atomic E-state index is 0.112. The SMILES string of the molecule is COC(=O)[C@@H]1NCC[C@@H]1O[Si](c1ccccc1)(c1ccccc1)C(C)(C)C. The zero-order chi connectivity index (χ0) is 19.5. The number of nitrogens with one attached hydrogen (secondary N) is 1. The number of hydrogen-bond acceptors (Lipinski definition) is 4. The highest BCUT2D eigenvalue weighted by molar-refractivity contribution is 6.99. The van der Waals surface area contributed by atoms with Crippen LogP contribution in [-0.4, -0.2) is 40.1 Å². The van der Waals surface area contributed by atoms with E-state index in [0.717, 1.165) is 13.0 Å². The van der Waals surface area contributed by atoms with Gasteiger partial charge >= 0.3 is 5.97 Å². The van der Waals surface area contributed by atoms with Gasteiger partial charge in [0.2, 0.25) is 0 Å². The van der Waals surface area contributed by atoms with Crippen molar-refractivity contribution in [1.82, 2.24) is 5.32 Å². The number of hydrogen-bond donors (Lipinski definition) is 1. The van der Waals surface area contributed by atoms with E-state index < -0.39 is 14.4 Å². The van der Waals surface area contributed by atoms with Crippen molar-refractivity contribution < 1.29 is 14.0 Å². The number of carbonyl (C=O) groups is 1. The van der Waals surface area contributed by atoms with E-state index in [-0.39, 0.29) is 17.1 Å². The largest absolute Gasteiger partial charge is 0.468 e. The van der Waals surface area contributed by atoms with Gasteiger partial charge in [-0.05, 0) is 28.4 Å². The molecule has 3 rings (SSSR count). The molecule has 144 valence electrons. The van der Waals surface area contributed by atoms with Gasteiger partial charge in [0, 0.05) is 0 Å². The maximum Gasteiger partial charge on any atom is 0.325 e. The Morgan fingerprint density at radius 1 is 1.00 bits per heavy atom. The van der Waals surface area contributed by atoms with Crippen molar-refractivity contribution >= 4 is 24.7 Å². The monoisotopic (exact) mass is 383 g/mol. The van der Waals surface area contributed by atoms with Crippen molar-refractivity contribution in [3.05, 3.63) is 60.7 Å². The molecular formula is C22H29NO3Si. The van der Waals surface area contributed by atoms with E-state index >= 15 is 0 Å². The minimum Gasteiger partial charge on any atom is -0.468 e. The fraction of sp³-hybridized carbons (Fsp3) is 0.409. The molecule has 0 saturated carbocycles. The molecule has 1 aliphatic heterocycles. The Hall–Kier alpha value is -1.95. The summed E-state index contributed by atoms with van der Waals surface area (Å²) in [6, 6.07) is 20.6. The van der Waals surface area contributed by atoms with Gasteiger partial charge in [0.1, 0.15) is 6.04 Å². The molecule has 0 aromatic heterocycles. The van der Waals surface area contributed by atoms with Gasteiger partial charge < -0.3 is 14.5 Å². The van der Waals surface area contributed by atoms with Crippen LogP contribution in [0.15, 0.2) is 60.7 Å². The first-order valence-electron chi connectivity index (χ1n) is 9.50. The first kappa shape index (κ1) is 19.8. The van der Waals surface area contributed by atoms with Crippen LogP contribution in [0.3, 0.4) is 0 Å². The van der Waals surface area contributed by atoms with Crippen molar-refractivity contribution in [1.29, 1.82) is 0 Å². The zero-order valence-electron chi connectivity index (χ0n) is 16.6. The van der Waals surface area contributed by atoms with Crippen LogP contribution >= 0.6 is 0 Å². The van der Waals surface area contributed by atoms with Gasteiger partial charge in [-0.2, -0.15) is 0 Å². The van der Waals surface area contributed by atoms with Crippen LogP contribution in [0, 0.1) is 0 Å². The lowest BCUT2D eigenvalue weighted by Gasteiger charge is -2.45. The van der Waals surface area contributed by atoms with Gasteiger partial charge in [0.25, 0.3) is 8.32 Å². The van der Waals surface area contributed by atoms with E-state index in [2.05, 4.69) is 74.6 Å². The molecule has 1 aliphatic rings. The summed E-state index contributed by atoms with van der Waals surface area (Å²) < 4.78 is 12.1. The van der Waals surface area contributed by atoms with E-state index in [1.165, 1.54) is 17.5 Å². The van der Waals surface area contributed by atoms with E-state index in [4.69, 9.17) is 9.16 Å². The molecule has 0 unspecified atom stereocenters. The Kier molecular flexibility index (Phi) is 5.84. The molecule has 0 radical (unpaired) electrons. The first-order chi connectivity index (χ1) is 12.9. The predicted octanol–water partition coefficient (Wildman–Crippen LogP) is 2.47. The highest BCUT2D eigenvalue weighted by atomic mass is 28.4. The summed E-state index contributed by atoms with van der Waals surface area (Å²) >= 11 is 0. The summed E-state index contributed by atoms with van der Waals surface area (Å²) in [6.07, 6.45) is 0.591. The average Bonchev–Trinajstić information content (AvgIpc) is 3.14. The lowest BCUT2D eigenvalue weighted by Crippen LogP contribution is -2.68. The van der Waals surface area contributed by atoms with E-state index in [9.17, 15) is 4.79 Å². The van der Waals surface area contributed by atoms with Gasteiger partial charge in [-0.15, -0.1) is 0 Å². The summed E-state index contributed by atoms with van der Waals surface area (Å²) in [7, 11) is -1.23. The van der Waals surface area contributed by atoms with Gasteiger partial charge in [0.05, 0.1) is 13.2 Å². The van der Waals surface area contributed by atoms with Gasteiger partial charge in [-0.25, -0.2) is 0 Å². The molecule has 0 aliphatic carbocycles. The van der Waals surface area contributed by atoms with Crippen LogP contribution in [0.4, 0.5) is 0 Å². The second kappa shape index (κ2) is 7.96. The molecule has 27 heavy (non-hydrogen) atoms. The van der Waals surface area contributed by atoms with Crippen LogP contribution in [-0.2, 0) is 14.0 Å². The van der Waals surface area contributed by atoms with Crippen LogP contribution in [0.5, 0.6) is 0 Å². The average molecular weight is 384 g/mol. The van der Waals surface area contributed by atoms with Crippen LogP contribution < -0.4 is 15.7 Å². The smallest absolute Gasteiger partial charge is 0.325 e. The number of rotatable bonds is 5. The summed E-state index contributed by atoms with van der Waals surface area (Å²) in [6.45, 7) is 7.49. The van der Waals surface area contributed by atoms with Gasteiger partial charge in [0.15, 0.2) is 0 Å². The van der Waals surface area contributed by atoms with Gasteiger partial charge in [-0.3, -0.25) is 4.79 Å². The van der Waals surface area contributed by atoms with Crippen molar-refractivity contribution in [2.75, 3.05) is 13.7 Å². The van der Waals surface area contributed by atoms with Crippen molar-refractivity contribution in [3.8, 4) is 0 Å². The van der Waals surface area contributed by atoms with Crippen LogP contribution in [0.2, 0.25) is 5.04 Å². The molecule has 2 aromatic carbocycles. The number of carbonyl (C=O) groups excluding carboxylic acids is 1. The molecule has 0 amide bonds. The van der Waals surface area contributed by atoms with Crippen molar-refractivity contribution in [2.24, 2.45) is 0 Å². The fourth-order valence-corrected chi connectivity index (χ4v) is 8.81. The molecule has 1 saturated heterocycles. The highest BCUT2D eigenvalue weighted by Gasteiger charge is 2.53. The maximum absolute atomic E-state index is 12.3. The summed E-state index contributed by atoms with van der Waals surface area (Å²) in [4.78, 5) is 12.3. The second-order valence-electron chi connectivity index (χ2n) is 8.06. The van der Waals surface area contributed by atoms with E-state index in [1.807, 2.05) is 12.1 Å². The normalized spacial score (nSPS) is 20.4. The fourth-order valence-electron chi connectivity index (χ4n) is 4.09. The standard InChI is InChI=1S/C22H29NO3Si/c1-22(2,3)27(17-11-7-5-8-12-17,18-13-9-6-10-14-18)26-19-15-16-23-20(19)21(24)25-4/h5-14,19-20,23H,15-16H2,1-4H3/t19-,20+/m0/s1. The molecule has 0 bridgehead atoms. The molecule has 2 aromatic rings. The second-order valence-corrected chi connectivity index (χ2v) is 12.3. The quantitative estimate of drug-likeness (QED) is 0.636. The lowest BCUT2D eigenvalue weighted by atomic mass is 10.2. The number of esters is 1. The Morgan fingerprint density at radius 2 is 1.52 bits per heavy atom. The third-order valence-corrected chi connectivity index (χ3v) is 10.4. The Bertz CT molecular complexity index is 719. The maximum atomic E-state index is 12.3. The van der Waals surface area contributed by atoms with Gasteiger partial charge in [-0.1, -0.05) is 81.4 Å². The minimum atomic E-state index is -2.66.